The Morgan fingerprint density at radius 1 is 1.02 bits per heavy atom. The second-order valence-corrected chi connectivity index (χ2v) is 14.7. The first-order chi connectivity index (χ1) is 20.7. The summed E-state index contributed by atoms with van der Waals surface area (Å²) >= 11 is 6.72. The maximum atomic E-state index is 13.7. The third kappa shape index (κ3) is 8.85. The van der Waals surface area contributed by atoms with Crippen molar-refractivity contribution in [3.8, 4) is 21.0 Å². The fourth-order valence-corrected chi connectivity index (χ4v) is 7.31. The first kappa shape index (κ1) is 33.1. The Hall–Kier alpha value is -3.84. The molecular formula is C32H38N6O3S3. The molecule has 232 valence electrons. The van der Waals surface area contributed by atoms with Gasteiger partial charge in [0.25, 0.3) is 0 Å². The van der Waals surface area contributed by atoms with Crippen LogP contribution in [0.3, 0.4) is 0 Å². The standard InChI is InChI=1S/C32H38N6O3S3/c1-21(2)35-30(42)36-24-14-12-23(13-15-24)29-33-20-27(43-29)26-17-16-25(18-28(26)44(40,41)37-32(3,4)5)38(6)31(39)34-19-22-10-8-7-9-11-22/h7-18,20-21,37H,19H2,1-6H3,(H,34,39)(H2,35,36,42). The molecule has 0 aliphatic heterocycles. The number of anilines is 2. The highest BCUT2D eigenvalue weighted by atomic mass is 32.2. The molecule has 0 saturated carbocycles. The van der Waals surface area contributed by atoms with E-state index in [1.165, 1.54) is 22.3 Å². The van der Waals surface area contributed by atoms with E-state index < -0.39 is 15.6 Å². The maximum Gasteiger partial charge on any atom is 0.321 e. The predicted molar refractivity (Wildman–Crippen MR) is 185 cm³/mol. The molecule has 0 spiro atoms. The number of thiazole rings is 1. The predicted octanol–water partition coefficient (Wildman–Crippen LogP) is 6.59. The van der Waals surface area contributed by atoms with Gasteiger partial charge in [0.05, 0.1) is 9.77 Å². The van der Waals surface area contributed by atoms with Gasteiger partial charge < -0.3 is 16.0 Å². The average molecular weight is 651 g/mol. The summed E-state index contributed by atoms with van der Waals surface area (Å²) in [5.74, 6) is 0. The molecule has 12 heteroatoms. The molecule has 1 heterocycles. The number of carbonyl (C=O) groups is 1. The zero-order chi connectivity index (χ0) is 32.1. The molecule has 0 fully saturated rings. The third-order valence-corrected chi connectivity index (χ3v) is 9.35. The van der Waals surface area contributed by atoms with E-state index in [1.807, 2.05) is 68.4 Å². The number of benzene rings is 3. The molecule has 44 heavy (non-hydrogen) atoms. The number of carbonyl (C=O) groups excluding carboxylic acids is 1. The van der Waals surface area contributed by atoms with Gasteiger partial charge in [-0.15, -0.1) is 11.3 Å². The number of thiocarbonyl (C=S) groups is 1. The van der Waals surface area contributed by atoms with E-state index in [0.29, 0.717) is 27.8 Å². The lowest BCUT2D eigenvalue weighted by molar-refractivity contribution is 0.247. The minimum atomic E-state index is -3.97. The van der Waals surface area contributed by atoms with Gasteiger partial charge >= 0.3 is 6.03 Å². The Balaban J connectivity index is 1.62. The lowest BCUT2D eigenvalue weighted by Gasteiger charge is -2.23. The zero-order valence-electron chi connectivity index (χ0n) is 25.6. The average Bonchev–Trinajstić information content (AvgIpc) is 3.45. The van der Waals surface area contributed by atoms with Crippen molar-refractivity contribution < 1.29 is 13.2 Å². The van der Waals surface area contributed by atoms with Crippen molar-refractivity contribution in [1.82, 2.24) is 20.3 Å². The molecule has 0 unspecified atom stereocenters. The van der Waals surface area contributed by atoms with E-state index in [9.17, 15) is 13.2 Å². The molecule has 0 aliphatic carbocycles. The van der Waals surface area contributed by atoms with Crippen LogP contribution in [0.4, 0.5) is 16.2 Å². The van der Waals surface area contributed by atoms with Crippen LogP contribution in [-0.2, 0) is 16.6 Å². The van der Waals surface area contributed by atoms with Crippen molar-refractivity contribution in [1.29, 1.82) is 0 Å². The summed E-state index contributed by atoms with van der Waals surface area (Å²) < 4.78 is 30.1. The van der Waals surface area contributed by atoms with E-state index in [-0.39, 0.29) is 17.0 Å². The minimum absolute atomic E-state index is 0.0635. The Bertz CT molecular complexity index is 1710. The van der Waals surface area contributed by atoms with Gasteiger partial charge in [-0.05, 0) is 88.8 Å². The smallest absolute Gasteiger partial charge is 0.321 e. The van der Waals surface area contributed by atoms with Crippen LogP contribution >= 0.6 is 23.6 Å². The Morgan fingerprint density at radius 3 is 2.34 bits per heavy atom. The summed E-state index contributed by atoms with van der Waals surface area (Å²) in [6.45, 7) is 9.73. The number of amides is 2. The van der Waals surface area contributed by atoms with Crippen molar-refractivity contribution >= 4 is 56.1 Å². The third-order valence-electron chi connectivity index (χ3n) is 6.25. The molecule has 0 radical (unpaired) electrons. The van der Waals surface area contributed by atoms with Crippen LogP contribution in [0.5, 0.6) is 0 Å². The Labute approximate surface area is 269 Å². The molecular weight excluding hydrogens is 613 g/mol. The van der Waals surface area contributed by atoms with Gasteiger partial charge in [0, 0.05) is 53.9 Å². The van der Waals surface area contributed by atoms with Gasteiger partial charge in [0.1, 0.15) is 5.01 Å². The summed E-state index contributed by atoms with van der Waals surface area (Å²) in [7, 11) is -2.36. The largest absolute Gasteiger partial charge is 0.360 e. The van der Waals surface area contributed by atoms with Crippen LogP contribution in [0.2, 0.25) is 0 Å². The van der Waals surface area contributed by atoms with Gasteiger partial charge in [0.2, 0.25) is 10.0 Å². The van der Waals surface area contributed by atoms with Gasteiger partial charge in [-0.2, -0.15) is 0 Å². The molecule has 0 aliphatic rings. The minimum Gasteiger partial charge on any atom is -0.360 e. The Morgan fingerprint density at radius 2 is 1.70 bits per heavy atom. The molecule has 9 nitrogen and oxygen atoms in total. The number of nitrogens with one attached hydrogen (secondary N) is 4. The van der Waals surface area contributed by atoms with E-state index in [4.69, 9.17) is 12.2 Å². The molecule has 0 saturated heterocycles. The van der Waals surface area contributed by atoms with Crippen molar-refractivity contribution in [3.63, 3.8) is 0 Å². The van der Waals surface area contributed by atoms with E-state index in [1.54, 1.807) is 46.1 Å². The van der Waals surface area contributed by atoms with Crippen molar-refractivity contribution in [2.24, 2.45) is 0 Å². The van der Waals surface area contributed by atoms with Crippen molar-refractivity contribution in [2.45, 2.75) is 57.6 Å². The molecule has 4 N–H and O–H groups in total. The van der Waals surface area contributed by atoms with Crippen molar-refractivity contribution in [2.75, 3.05) is 17.3 Å². The monoisotopic (exact) mass is 650 g/mol. The number of hydrogen-bond donors (Lipinski definition) is 4. The van der Waals surface area contributed by atoms with E-state index in [2.05, 4.69) is 25.7 Å². The van der Waals surface area contributed by atoms with Crippen molar-refractivity contribution in [3.05, 3.63) is 84.6 Å². The number of nitrogens with zero attached hydrogens (tertiary/aromatic N) is 2. The van der Waals surface area contributed by atoms with Crippen LogP contribution < -0.4 is 25.6 Å². The van der Waals surface area contributed by atoms with Gasteiger partial charge in [0.15, 0.2) is 5.11 Å². The fourth-order valence-electron chi connectivity index (χ4n) is 4.27. The van der Waals surface area contributed by atoms with Crippen LogP contribution in [0.15, 0.2) is 83.9 Å². The number of sulfonamides is 1. The highest BCUT2D eigenvalue weighted by Crippen LogP contribution is 2.37. The summed E-state index contributed by atoms with van der Waals surface area (Å²) in [5.41, 5.74) is 2.91. The first-order valence-electron chi connectivity index (χ1n) is 14.1. The normalized spacial score (nSPS) is 11.7. The lowest BCUT2D eigenvalue weighted by atomic mass is 10.1. The van der Waals surface area contributed by atoms with Gasteiger partial charge in [-0.3, -0.25) is 4.90 Å². The second kappa shape index (κ2) is 13.9. The van der Waals surface area contributed by atoms with E-state index >= 15 is 0 Å². The van der Waals surface area contributed by atoms with Crippen LogP contribution in [-0.4, -0.2) is 43.2 Å². The maximum absolute atomic E-state index is 13.7. The van der Waals surface area contributed by atoms with E-state index in [0.717, 1.165) is 21.8 Å². The fraction of sp³-hybridized carbons (Fsp3) is 0.281. The van der Waals surface area contributed by atoms with Crippen LogP contribution in [0, 0.1) is 0 Å². The number of hydrogen-bond acceptors (Lipinski definition) is 6. The van der Waals surface area contributed by atoms with Crippen LogP contribution in [0.1, 0.15) is 40.2 Å². The molecule has 0 atom stereocenters. The first-order valence-corrected chi connectivity index (χ1v) is 16.8. The SMILES string of the molecule is CC(C)NC(=S)Nc1ccc(-c2ncc(-c3ccc(N(C)C(=O)NCc4ccccc4)cc3S(=O)(=O)NC(C)(C)C)s2)cc1. The second-order valence-electron chi connectivity index (χ2n) is 11.6. The zero-order valence-corrected chi connectivity index (χ0v) is 28.1. The number of urea groups is 1. The summed E-state index contributed by atoms with van der Waals surface area (Å²) in [5, 5.41) is 10.5. The molecule has 4 aromatic rings. The highest BCUT2D eigenvalue weighted by molar-refractivity contribution is 7.89. The molecule has 2 amide bonds. The topological polar surface area (TPSA) is 115 Å². The van der Waals surface area contributed by atoms with Crippen LogP contribution in [0.25, 0.3) is 21.0 Å². The summed E-state index contributed by atoms with van der Waals surface area (Å²) in [6, 6.07) is 22.1. The lowest BCUT2D eigenvalue weighted by Crippen LogP contribution is -2.41. The quantitative estimate of drug-likeness (QED) is 0.151. The van der Waals surface area contributed by atoms with Gasteiger partial charge in [-0.1, -0.05) is 36.4 Å². The highest BCUT2D eigenvalue weighted by Gasteiger charge is 2.27. The summed E-state index contributed by atoms with van der Waals surface area (Å²) in [4.78, 5) is 19.7. The Kier molecular flexibility index (Phi) is 10.4. The number of rotatable bonds is 9. The molecule has 1 aromatic heterocycles. The van der Waals surface area contributed by atoms with Gasteiger partial charge in [-0.25, -0.2) is 22.9 Å². The molecule has 0 bridgehead atoms. The number of aromatic nitrogens is 1. The summed E-state index contributed by atoms with van der Waals surface area (Å²) in [6.07, 6.45) is 1.68. The molecule has 4 rings (SSSR count). The molecule has 3 aromatic carbocycles.